The Balaban J connectivity index is 1.20. The monoisotopic (exact) mass is 518 g/mol. The van der Waals surface area contributed by atoms with E-state index in [0.717, 1.165) is 37.9 Å². The second-order valence-electron chi connectivity index (χ2n) is 10.6. The SMILES string of the molecule is COCC1(C(=O)N2CCc3ncc(C(F)(F)F)cc3C2)CN(C2CCC(c3ccc(OC)nc3)CC2)C1. The number of ether oxygens (including phenoxy) is 2. The first kappa shape index (κ1) is 25.9. The predicted octanol–water partition coefficient (Wildman–Crippen LogP) is 4.06. The van der Waals surface area contributed by atoms with E-state index in [0.29, 0.717) is 61.8 Å². The number of pyridine rings is 2. The quantitative estimate of drug-likeness (QED) is 0.575. The van der Waals surface area contributed by atoms with Gasteiger partial charge in [0, 0.05) is 69.9 Å². The molecule has 2 aromatic heterocycles. The van der Waals surface area contributed by atoms with Gasteiger partial charge < -0.3 is 14.4 Å². The minimum Gasteiger partial charge on any atom is -0.481 e. The van der Waals surface area contributed by atoms with Crippen LogP contribution in [0.4, 0.5) is 13.2 Å². The molecule has 0 radical (unpaired) electrons. The van der Waals surface area contributed by atoms with Gasteiger partial charge in [-0.25, -0.2) is 4.98 Å². The van der Waals surface area contributed by atoms with Crippen molar-refractivity contribution in [2.45, 2.75) is 56.8 Å². The number of carbonyl (C=O) groups excluding carboxylic acids is 1. The molecule has 10 heteroatoms. The fourth-order valence-corrected chi connectivity index (χ4v) is 6.17. The minimum absolute atomic E-state index is 0.0355. The van der Waals surface area contributed by atoms with E-state index in [1.807, 2.05) is 12.3 Å². The molecule has 7 nitrogen and oxygen atoms in total. The Morgan fingerprint density at radius 3 is 2.49 bits per heavy atom. The molecule has 2 fully saturated rings. The first-order valence-corrected chi connectivity index (χ1v) is 12.8. The predicted molar refractivity (Wildman–Crippen MR) is 130 cm³/mol. The van der Waals surface area contributed by atoms with Crippen molar-refractivity contribution in [3.05, 3.63) is 53.0 Å². The van der Waals surface area contributed by atoms with Crippen molar-refractivity contribution in [2.24, 2.45) is 5.41 Å². The highest BCUT2D eigenvalue weighted by Gasteiger charge is 2.53. The van der Waals surface area contributed by atoms with Gasteiger partial charge in [0.15, 0.2) is 0 Å². The van der Waals surface area contributed by atoms with E-state index in [-0.39, 0.29) is 12.5 Å². The number of carbonyl (C=O) groups is 1. The molecule has 1 saturated heterocycles. The van der Waals surface area contributed by atoms with Crippen molar-refractivity contribution in [1.82, 2.24) is 19.8 Å². The third-order valence-electron chi connectivity index (χ3n) is 8.19. The average molecular weight is 519 g/mol. The standard InChI is InChI=1S/C27H33F3N4O3/c1-36-17-26(25(35)33-10-9-23-20(14-33)11-21(13-31-23)27(28,29)30)15-34(16-26)22-6-3-18(4-7-22)19-5-8-24(37-2)32-12-19/h5,8,11-13,18,22H,3-4,6-7,9-10,14-17H2,1-2H3. The lowest BCUT2D eigenvalue weighted by Gasteiger charge is -2.54. The first-order valence-electron chi connectivity index (χ1n) is 12.8. The van der Waals surface area contributed by atoms with Crippen molar-refractivity contribution >= 4 is 5.91 Å². The van der Waals surface area contributed by atoms with E-state index in [2.05, 4.69) is 20.9 Å². The van der Waals surface area contributed by atoms with Crippen LogP contribution < -0.4 is 4.74 Å². The molecule has 37 heavy (non-hydrogen) atoms. The summed E-state index contributed by atoms with van der Waals surface area (Å²) >= 11 is 0. The largest absolute Gasteiger partial charge is 0.481 e. The average Bonchev–Trinajstić information content (AvgIpc) is 2.89. The maximum atomic E-state index is 13.7. The third-order valence-corrected chi connectivity index (χ3v) is 8.19. The summed E-state index contributed by atoms with van der Waals surface area (Å²) in [5.41, 5.74) is 0.919. The maximum absolute atomic E-state index is 13.7. The second kappa shape index (κ2) is 10.2. The molecule has 0 bridgehead atoms. The number of halogens is 3. The molecule has 0 N–H and O–H groups in total. The molecule has 1 saturated carbocycles. The Bertz CT molecular complexity index is 1110. The molecular weight excluding hydrogens is 485 g/mol. The van der Waals surface area contributed by atoms with Crippen molar-refractivity contribution in [1.29, 1.82) is 0 Å². The fourth-order valence-electron chi connectivity index (χ4n) is 6.17. The molecule has 0 atom stereocenters. The molecule has 1 amide bonds. The zero-order valence-corrected chi connectivity index (χ0v) is 21.3. The molecule has 5 rings (SSSR count). The van der Waals surface area contributed by atoms with Gasteiger partial charge in [-0.15, -0.1) is 0 Å². The van der Waals surface area contributed by atoms with E-state index >= 15 is 0 Å². The van der Waals surface area contributed by atoms with Crippen LogP contribution in [0.2, 0.25) is 0 Å². The molecule has 2 aliphatic heterocycles. The lowest BCUT2D eigenvalue weighted by atomic mass is 9.74. The molecule has 200 valence electrons. The van der Waals surface area contributed by atoms with Crippen LogP contribution in [0.15, 0.2) is 30.6 Å². The summed E-state index contributed by atoms with van der Waals surface area (Å²) in [6.45, 7) is 2.14. The molecule has 2 aromatic rings. The highest BCUT2D eigenvalue weighted by Crippen LogP contribution is 2.42. The second-order valence-corrected chi connectivity index (χ2v) is 10.6. The fraction of sp³-hybridized carbons (Fsp3) is 0.593. The van der Waals surface area contributed by atoms with Gasteiger partial charge in [0.1, 0.15) is 0 Å². The van der Waals surface area contributed by atoms with E-state index < -0.39 is 17.2 Å². The van der Waals surface area contributed by atoms with Crippen LogP contribution in [-0.2, 0) is 28.7 Å². The Hall–Kier alpha value is -2.72. The van der Waals surface area contributed by atoms with Gasteiger partial charge >= 0.3 is 6.18 Å². The Morgan fingerprint density at radius 1 is 1.11 bits per heavy atom. The van der Waals surface area contributed by atoms with Crippen LogP contribution >= 0.6 is 0 Å². The molecule has 1 aliphatic carbocycles. The number of alkyl halides is 3. The molecule has 0 unspecified atom stereocenters. The van der Waals surface area contributed by atoms with Crippen molar-refractivity contribution in [2.75, 3.05) is 40.5 Å². The van der Waals surface area contributed by atoms with Crippen molar-refractivity contribution in [3.8, 4) is 5.88 Å². The number of rotatable bonds is 6. The summed E-state index contributed by atoms with van der Waals surface area (Å²) in [6.07, 6.45) is 3.02. The summed E-state index contributed by atoms with van der Waals surface area (Å²) in [5.74, 6) is 1.06. The molecular formula is C27H33F3N4O3. The number of methoxy groups -OCH3 is 2. The molecule has 4 heterocycles. The minimum atomic E-state index is -4.46. The van der Waals surface area contributed by atoms with Gasteiger partial charge in [-0.1, -0.05) is 6.07 Å². The summed E-state index contributed by atoms with van der Waals surface area (Å²) < 4.78 is 50.2. The number of aromatic nitrogens is 2. The maximum Gasteiger partial charge on any atom is 0.417 e. The highest BCUT2D eigenvalue weighted by molar-refractivity contribution is 5.85. The Morgan fingerprint density at radius 2 is 1.86 bits per heavy atom. The number of fused-ring (bicyclic) bond motifs is 1. The van der Waals surface area contributed by atoms with Crippen LogP contribution in [-0.4, -0.2) is 72.2 Å². The number of amides is 1. The zero-order chi connectivity index (χ0) is 26.2. The van der Waals surface area contributed by atoms with Crippen molar-refractivity contribution in [3.63, 3.8) is 0 Å². The van der Waals surface area contributed by atoms with Gasteiger partial charge in [0.2, 0.25) is 11.8 Å². The van der Waals surface area contributed by atoms with Gasteiger partial charge in [-0.05, 0) is 48.8 Å². The highest BCUT2D eigenvalue weighted by atomic mass is 19.4. The van der Waals surface area contributed by atoms with Crippen LogP contribution in [0.5, 0.6) is 5.88 Å². The van der Waals surface area contributed by atoms with E-state index in [4.69, 9.17) is 9.47 Å². The van der Waals surface area contributed by atoms with Crippen LogP contribution in [0.25, 0.3) is 0 Å². The number of hydrogen-bond acceptors (Lipinski definition) is 6. The summed E-state index contributed by atoms with van der Waals surface area (Å²) in [4.78, 5) is 26.1. The third kappa shape index (κ3) is 5.18. The smallest absolute Gasteiger partial charge is 0.417 e. The lowest BCUT2D eigenvalue weighted by molar-refractivity contribution is -0.164. The van der Waals surface area contributed by atoms with Gasteiger partial charge in [-0.3, -0.25) is 14.7 Å². The number of likely N-dealkylation sites (tertiary alicyclic amines) is 1. The van der Waals surface area contributed by atoms with Crippen LogP contribution in [0.1, 0.15) is 54.0 Å². The molecule has 0 aromatic carbocycles. The first-order chi connectivity index (χ1) is 17.7. The van der Waals surface area contributed by atoms with Crippen molar-refractivity contribution < 1.29 is 27.4 Å². The topological polar surface area (TPSA) is 67.8 Å². The van der Waals surface area contributed by atoms with E-state index in [1.54, 1.807) is 19.1 Å². The van der Waals surface area contributed by atoms with Gasteiger partial charge in [0.25, 0.3) is 0 Å². The van der Waals surface area contributed by atoms with Gasteiger partial charge in [0.05, 0.1) is 24.7 Å². The Kier molecular flexibility index (Phi) is 7.15. The van der Waals surface area contributed by atoms with E-state index in [1.165, 1.54) is 5.56 Å². The number of nitrogens with zero attached hydrogens (tertiary/aromatic N) is 4. The zero-order valence-electron chi connectivity index (χ0n) is 21.3. The van der Waals surface area contributed by atoms with E-state index in [9.17, 15) is 18.0 Å². The van der Waals surface area contributed by atoms with Gasteiger partial charge in [-0.2, -0.15) is 13.2 Å². The lowest BCUT2D eigenvalue weighted by Crippen LogP contribution is -2.68. The normalized spacial score (nSPS) is 23.8. The molecule has 0 spiro atoms. The Labute approximate surface area is 215 Å². The molecule has 3 aliphatic rings. The summed E-state index contributed by atoms with van der Waals surface area (Å²) in [7, 11) is 3.20. The number of hydrogen-bond donors (Lipinski definition) is 0. The van der Waals surface area contributed by atoms with Crippen LogP contribution in [0.3, 0.4) is 0 Å². The summed E-state index contributed by atoms with van der Waals surface area (Å²) in [5, 5.41) is 0. The summed E-state index contributed by atoms with van der Waals surface area (Å²) in [6, 6.07) is 5.54. The van der Waals surface area contributed by atoms with Crippen LogP contribution in [0, 0.1) is 5.41 Å².